The molecule has 2 N–H and O–H groups in total. The predicted octanol–water partition coefficient (Wildman–Crippen LogP) is 3.41. The smallest absolute Gasteiger partial charge is 0.258 e. The Morgan fingerprint density at radius 3 is 2.85 bits per heavy atom. The summed E-state index contributed by atoms with van der Waals surface area (Å²) in [4.78, 5) is 35.9. The molecule has 4 aromatic rings. The molecular weight excluding hydrogens is 348 g/mol. The molecule has 2 aromatic carbocycles. The maximum Gasteiger partial charge on any atom is 0.258 e. The van der Waals surface area contributed by atoms with Crippen molar-refractivity contribution in [3.8, 4) is 0 Å². The number of anilines is 1. The Hall–Kier alpha value is -3.06. The molecule has 4 rings (SSSR count). The molecule has 0 saturated heterocycles. The Bertz CT molecular complexity index is 1180. The molecular formula is C19H16N4O2S. The number of H-pyrrole nitrogens is 1. The van der Waals surface area contributed by atoms with Gasteiger partial charge in [-0.25, -0.2) is 9.97 Å². The fraction of sp³-hybridized carbons (Fsp3) is 0.158. The monoisotopic (exact) mass is 364 g/mol. The van der Waals surface area contributed by atoms with Crippen molar-refractivity contribution < 1.29 is 4.79 Å². The second-order valence-corrected chi connectivity index (χ2v) is 7.05. The summed E-state index contributed by atoms with van der Waals surface area (Å²) in [7, 11) is 0. The Morgan fingerprint density at radius 1 is 1.15 bits per heavy atom. The number of hydrogen-bond donors (Lipinski definition) is 2. The Morgan fingerprint density at radius 2 is 2.00 bits per heavy atom. The molecule has 1 amide bonds. The number of aryl methyl sites for hydroxylation is 2. The lowest BCUT2D eigenvalue weighted by molar-refractivity contribution is -0.116. The van der Waals surface area contributed by atoms with E-state index >= 15 is 0 Å². The molecule has 0 spiro atoms. The Balaban J connectivity index is 1.46. The van der Waals surface area contributed by atoms with E-state index in [1.807, 2.05) is 31.2 Å². The minimum Gasteiger partial charge on any atom is -0.310 e. The van der Waals surface area contributed by atoms with Gasteiger partial charge in [-0.05, 0) is 30.7 Å². The molecule has 0 radical (unpaired) electrons. The first-order valence-electron chi connectivity index (χ1n) is 8.24. The number of carbonyl (C=O) groups excluding carboxylic acids is 1. The van der Waals surface area contributed by atoms with Crippen LogP contribution in [0.15, 0.2) is 47.3 Å². The van der Waals surface area contributed by atoms with Crippen LogP contribution in [0, 0.1) is 6.92 Å². The molecule has 0 bridgehead atoms. The van der Waals surface area contributed by atoms with Crippen LogP contribution in [-0.4, -0.2) is 20.9 Å². The van der Waals surface area contributed by atoms with Gasteiger partial charge in [0.1, 0.15) is 5.82 Å². The third kappa shape index (κ3) is 3.21. The van der Waals surface area contributed by atoms with Crippen LogP contribution in [0.5, 0.6) is 0 Å². The lowest BCUT2D eigenvalue weighted by atomic mass is 10.2. The molecule has 0 fully saturated rings. The van der Waals surface area contributed by atoms with Crippen molar-refractivity contribution in [2.45, 2.75) is 19.8 Å². The zero-order chi connectivity index (χ0) is 18.1. The average Bonchev–Trinajstić information content (AvgIpc) is 3.04. The SMILES string of the molecule is Cc1cccc2sc(NC(=O)CCc3nc4ccccc4c(=O)[nH]3)nc12. The van der Waals surface area contributed by atoms with E-state index in [-0.39, 0.29) is 17.9 Å². The Labute approximate surface area is 152 Å². The number of para-hydroxylation sites is 2. The van der Waals surface area contributed by atoms with E-state index in [0.717, 1.165) is 15.8 Å². The first kappa shape index (κ1) is 16.4. The maximum atomic E-state index is 12.2. The Kier molecular flexibility index (Phi) is 4.22. The molecule has 26 heavy (non-hydrogen) atoms. The fourth-order valence-electron chi connectivity index (χ4n) is 2.81. The van der Waals surface area contributed by atoms with Gasteiger partial charge >= 0.3 is 0 Å². The number of benzene rings is 2. The molecule has 0 aliphatic rings. The summed E-state index contributed by atoms with van der Waals surface area (Å²) in [5.41, 5.74) is 2.44. The molecule has 0 saturated carbocycles. The zero-order valence-electron chi connectivity index (χ0n) is 14.1. The van der Waals surface area contributed by atoms with E-state index in [1.165, 1.54) is 11.3 Å². The minimum absolute atomic E-state index is 0.155. The molecule has 0 aliphatic carbocycles. The van der Waals surface area contributed by atoms with E-state index in [9.17, 15) is 9.59 Å². The number of hydrogen-bond acceptors (Lipinski definition) is 5. The molecule has 0 unspecified atom stereocenters. The fourth-order valence-corrected chi connectivity index (χ4v) is 3.77. The molecule has 2 heterocycles. The second kappa shape index (κ2) is 6.68. The number of carbonyl (C=O) groups is 1. The van der Waals surface area contributed by atoms with Crippen LogP contribution in [0.3, 0.4) is 0 Å². The van der Waals surface area contributed by atoms with Crippen molar-refractivity contribution in [3.05, 3.63) is 64.2 Å². The second-order valence-electron chi connectivity index (χ2n) is 6.02. The van der Waals surface area contributed by atoms with Gasteiger partial charge in [0, 0.05) is 12.8 Å². The van der Waals surface area contributed by atoms with E-state index in [1.54, 1.807) is 18.2 Å². The van der Waals surface area contributed by atoms with Crippen LogP contribution in [-0.2, 0) is 11.2 Å². The van der Waals surface area contributed by atoms with E-state index in [2.05, 4.69) is 20.3 Å². The topological polar surface area (TPSA) is 87.7 Å². The zero-order valence-corrected chi connectivity index (χ0v) is 14.9. The number of nitrogens with zero attached hydrogens (tertiary/aromatic N) is 2. The van der Waals surface area contributed by atoms with Gasteiger partial charge in [-0.15, -0.1) is 0 Å². The largest absolute Gasteiger partial charge is 0.310 e. The van der Waals surface area contributed by atoms with Crippen LogP contribution in [0.1, 0.15) is 17.8 Å². The summed E-state index contributed by atoms with van der Waals surface area (Å²) >= 11 is 1.45. The number of thiazole rings is 1. The molecule has 0 aliphatic heterocycles. The molecule has 6 nitrogen and oxygen atoms in total. The van der Waals surface area contributed by atoms with Crippen molar-refractivity contribution in [1.29, 1.82) is 0 Å². The van der Waals surface area contributed by atoms with Gasteiger partial charge in [0.05, 0.1) is 21.1 Å². The van der Waals surface area contributed by atoms with Gasteiger partial charge in [-0.3, -0.25) is 9.59 Å². The summed E-state index contributed by atoms with van der Waals surface area (Å²) in [6.07, 6.45) is 0.575. The molecule has 2 aromatic heterocycles. The van der Waals surface area contributed by atoms with Crippen LogP contribution >= 0.6 is 11.3 Å². The first-order chi connectivity index (χ1) is 12.6. The van der Waals surface area contributed by atoms with E-state index in [0.29, 0.717) is 28.3 Å². The summed E-state index contributed by atoms with van der Waals surface area (Å²) < 4.78 is 1.04. The van der Waals surface area contributed by atoms with Gasteiger partial charge in [0.2, 0.25) is 5.91 Å². The predicted molar refractivity (Wildman–Crippen MR) is 104 cm³/mol. The normalized spacial score (nSPS) is 11.1. The van der Waals surface area contributed by atoms with Crippen molar-refractivity contribution in [1.82, 2.24) is 15.0 Å². The van der Waals surface area contributed by atoms with Crippen molar-refractivity contribution in [2.24, 2.45) is 0 Å². The van der Waals surface area contributed by atoms with Gasteiger partial charge < -0.3 is 10.3 Å². The number of aromatic nitrogens is 3. The maximum absolute atomic E-state index is 12.2. The summed E-state index contributed by atoms with van der Waals surface area (Å²) in [6, 6.07) is 13.1. The van der Waals surface area contributed by atoms with Gasteiger partial charge in [0.15, 0.2) is 5.13 Å². The molecule has 130 valence electrons. The highest BCUT2D eigenvalue weighted by molar-refractivity contribution is 7.22. The van der Waals surface area contributed by atoms with Crippen LogP contribution in [0.25, 0.3) is 21.1 Å². The summed E-state index contributed by atoms with van der Waals surface area (Å²) in [6.45, 7) is 2.00. The number of nitrogens with one attached hydrogen (secondary N) is 2. The third-order valence-electron chi connectivity index (χ3n) is 4.12. The van der Waals surface area contributed by atoms with Crippen molar-refractivity contribution in [3.63, 3.8) is 0 Å². The molecule has 7 heteroatoms. The standard InChI is InChI=1S/C19H16N4O2S/c1-11-5-4-8-14-17(11)23-19(26-14)22-16(24)10-9-15-20-13-7-3-2-6-12(13)18(25)21-15/h2-8H,9-10H2,1H3,(H,20,21,25)(H,22,23,24). The van der Waals surface area contributed by atoms with Gasteiger partial charge in [0.25, 0.3) is 5.56 Å². The van der Waals surface area contributed by atoms with Crippen LogP contribution < -0.4 is 10.9 Å². The van der Waals surface area contributed by atoms with Crippen molar-refractivity contribution in [2.75, 3.05) is 5.32 Å². The van der Waals surface area contributed by atoms with E-state index < -0.39 is 0 Å². The first-order valence-corrected chi connectivity index (χ1v) is 9.06. The lowest BCUT2D eigenvalue weighted by Crippen LogP contribution is -2.16. The van der Waals surface area contributed by atoms with Crippen molar-refractivity contribution >= 4 is 43.5 Å². The third-order valence-corrected chi connectivity index (χ3v) is 5.05. The quantitative estimate of drug-likeness (QED) is 0.581. The molecule has 0 atom stereocenters. The van der Waals surface area contributed by atoms with E-state index in [4.69, 9.17) is 0 Å². The summed E-state index contributed by atoms with van der Waals surface area (Å²) in [5.74, 6) is 0.349. The number of amides is 1. The number of fused-ring (bicyclic) bond motifs is 2. The van der Waals surface area contributed by atoms with Gasteiger partial charge in [-0.2, -0.15) is 0 Å². The van der Waals surface area contributed by atoms with Crippen LogP contribution in [0.4, 0.5) is 5.13 Å². The highest BCUT2D eigenvalue weighted by Crippen LogP contribution is 2.27. The highest BCUT2D eigenvalue weighted by Gasteiger charge is 2.10. The number of aromatic amines is 1. The average molecular weight is 364 g/mol. The highest BCUT2D eigenvalue weighted by atomic mass is 32.1. The minimum atomic E-state index is -0.187. The van der Waals surface area contributed by atoms with Crippen LogP contribution in [0.2, 0.25) is 0 Å². The summed E-state index contributed by atoms with van der Waals surface area (Å²) in [5, 5.41) is 3.96. The van der Waals surface area contributed by atoms with Gasteiger partial charge in [-0.1, -0.05) is 35.6 Å². The lowest BCUT2D eigenvalue weighted by Gasteiger charge is -2.03. The number of rotatable bonds is 4.